The molecular weight excluding hydrogens is 335 g/mol. The molecule has 0 spiro atoms. The van der Waals surface area contributed by atoms with Crippen molar-refractivity contribution in [2.75, 3.05) is 6.54 Å². The van der Waals surface area contributed by atoms with Gasteiger partial charge in [-0.25, -0.2) is 4.39 Å². The molecule has 130 valence electrons. The van der Waals surface area contributed by atoms with Gasteiger partial charge in [-0.1, -0.05) is 0 Å². The highest BCUT2D eigenvalue weighted by atomic mass is 19.1. The van der Waals surface area contributed by atoms with Crippen LogP contribution in [0.1, 0.15) is 12.2 Å². The number of carbonyl (C=O) groups excluding carboxylic acids is 2. The number of nitrogens with zero attached hydrogens (tertiary/aromatic N) is 2. The van der Waals surface area contributed by atoms with Gasteiger partial charge in [-0.3, -0.25) is 19.7 Å². The fourth-order valence-electron chi connectivity index (χ4n) is 2.59. The minimum Gasteiger partial charge on any atom is -0.467 e. The standard InChI is InChI=1S/C16H13FN2O6/c17-11-3-4-13(19(22)23)14(7-11)25-16(21)10-6-15(20)18(8-10)9-12-2-1-5-24-12/h1-5,7,10H,6,8-9H2. The number of furan rings is 1. The molecule has 1 aromatic carbocycles. The molecule has 1 amide bonds. The Kier molecular flexibility index (Phi) is 4.46. The summed E-state index contributed by atoms with van der Waals surface area (Å²) in [7, 11) is 0. The Labute approximate surface area is 140 Å². The number of ether oxygens (including phenoxy) is 1. The van der Waals surface area contributed by atoms with Crippen LogP contribution in [0.4, 0.5) is 10.1 Å². The highest BCUT2D eigenvalue weighted by Crippen LogP contribution is 2.29. The highest BCUT2D eigenvalue weighted by Gasteiger charge is 2.36. The summed E-state index contributed by atoms with van der Waals surface area (Å²) in [5.74, 6) is -2.54. The van der Waals surface area contributed by atoms with Crippen molar-refractivity contribution in [1.82, 2.24) is 4.90 Å². The Balaban J connectivity index is 1.69. The molecule has 0 bridgehead atoms. The van der Waals surface area contributed by atoms with Crippen molar-refractivity contribution in [2.24, 2.45) is 5.92 Å². The lowest BCUT2D eigenvalue weighted by Crippen LogP contribution is -2.27. The molecule has 1 saturated heterocycles. The number of benzene rings is 1. The monoisotopic (exact) mass is 348 g/mol. The summed E-state index contributed by atoms with van der Waals surface area (Å²) >= 11 is 0. The molecule has 9 heteroatoms. The molecule has 25 heavy (non-hydrogen) atoms. The van der Waals surface area contributed by atoms with Crippen LogP contribution in [0, 0.1) is 21.8 Å². The summed E-state index contributed by atoms with van der Waals surface area (Å²) in [4.78, 5) is 35.8. The van der Waals surface area contributed by atoms with E-state index in [1.165, 1.54) is 11.2 Å². The van der Waals surface area contributed by atoms with Gasteiger partial charge in [-0.2, -0.15) is 0 Å². The molecule has 1 aliphatic heterocycles. The normalized spacial score (nSPS) is 16.9. The molecule has 1 atom stereocenters. The zero-order chi connectivity index (χ0) is 18.0. The van der Waals surface area contributed by atoms with Gasteiger partial charge in [0.25, 0.3) is 0 Å². The van der Waals surface area contributed by atoms with Crippen molar-refractivity contribution in [3.63, 3.8) is 0 Å². The van der Waals surface area contributed by atoms with Crippen LogP contribution in [0.3, 0.4) is 0 Å². The van der Waals surface area contributed by atoms with Crippen molar-refractivity contribution < 1.29 is 28.1 Å². The third-order valence-electron chi connectivity index (χ3n) is 3.80. The number of hydrogen-bond acceptors (Lipinski definition) is 6. The average Bonchev–Trinajstić information content (AvgIpc) is 3.18. The molecule has 0 aliphatic carbocycles. The Morgan fingerprint density at radius 3 is 2.92 bits per heavy atom. The first-order valence-corrected chi connectivity index (χ1v) is 7.40. The molecule has 8 nitrogen and oxygen atoms in total. The van der Waals surface area contributed by atoms with E-state index >= 15 is 0 Å². The first-order chi connectivity index (χ1) is 11.9. The summed E-state index contributed by atoms with van der Waals surface area (Å²) in [6, 6.07) is 5.98. The van der Waals surface area contributed by atoms with Crippen LogP contribution >= 0.6 is 0 Å². The van der Waals surface area contributed by atoms with Gasteiger partial charge in [-0.05, 0) is 18.2 Å². The number of hydrogen-bond donors (Lipinski definition) is 0. The summed E-state index contributed by atoms with van der Waals surface area (Å²) < 4.78 is 23.4. The molecule has 1 unspecified atom stereocenters. The Bertz CT molecular complexity index is 820. The molecule has 2 aromatic rings. The first-order valence-electron chi connectivity index (χ1n) is 7.40. The van der Waals surface area contributed by atoms with Gasteiger partial charge in [-0.15, -0.1) is 0 Å². The zero-order valence-corrected chi connectivity index (χ0v) is 12.9. The fraction of sp³-hybridized carbons (Fsp3) is 0.250. The van der Waals surface area contributed by atoms with E-state index in [-0.39, 0.29) is 25.4 Å². The molecule has 2 heterocycles. The smallest absolute Gasteiger partial charge is 0.316 e. The third kappa shape index (κ3) is 3.65. The van der Waals surface area contributed by atoms with Crippen LogP contribution in [-0.4, -0.2) is 28.2 Å². The number of esters is 1. The van der Waals surface area contributed by atoms with Gasteiger partial charge >= 0.3 is 11.7 Å². The lowest BCUT2D eigenvalue weighted by atomic mass is 10.1. The maximum absolute atomic E-state index is 13.3. The average molecular weight is 348 g/mol. The second kappa shape index (κ2) is 6.71. The topological polar surface area (TPSA) is 103 Å². The molecule has 0 saturated carbocycles. The Hall–Kier alpha value is -3.23. The van der Waals surface area contributed by atoms with E-state index in [4.69, 9.17) is 9.15 Å². The predicted octanol–water partition coefficient (Wildman–Crippen LogP) is 2.28. The van der Waals surface area contributed by atoms with Crippen LogP contribution in [0.15, 0.2) is 41.0 Å². The second-order valence-electron chi connectivity index (χ2n) is 5.54. The molecule has 0 radical (unpaired) electrons. The quantitative estimate of drug-likeness (QED) is 0.355. The largest absolute Gasteiger partial charge is 0.467 e. The van der Waals surface area contributed by atoms with Crippen molar-refractivity contribution in [3.8, 4) is 5.75 Å². The number of carbonyl (C=O) groups is 2. The van der Waals surface area contributed by atoms with Crippen LogP contribution < -0.4 is 4.74 Å². The van der Waals surface area contributed by atoms with E-state index in [1.807, 2.05) is 0 Å². The minimum atomic E-state index is -0.816. The molecule has 1 aromatic heterocycles. The van der Waals surface area contributed by atoms with E-state index in [2.05, 4.69) is 0 Å². The van der Waals surface area contributed by atoms with E-state index in [9.17, 15) is 24.1 Å². The predicted molar refractivity (Wildman–Crippen MR) is 80.9 cm³/mol. The second-order valence-corrected chi connectivity index (χ2v) is 5.54. The number of nitro groups is 1. The lowest BCUT2D eigenvalue weighted by molar-refractivity contribution is -0.385. The number of halogens is 1. The number of amides is 1. The van der Waals surface area contributed by atoms with Gasteiger partial charge in [0.1, 0.15) is 11.6 Å². The van der Waals surface area contributed by atoms with E-state index in [0.29, 0.717) is 5.76 Å². The molecule has 3 rings (SSSR count). The van der Waals surface area contributed by atoms with Gasteiger partial charge in [0.15, 0.2) is 0 Å². The lowest BCUT2D eigenvalue weighted by Gasteiger charge is -2.14. The number of rotatable bonds is 5. The minimum absolute atomic E-state index is 0.0807. The van der Waals surface area contributed by atoms with Crippen LogP contribution in [0.25, 0.3) is 0 Å². The number of likely N-dealkylation sites (tertiary alicyclic amines) is 1. The zero-order valence-electron chi connectivity index (χ0n) is 12.9. The van der Waals surface area contributed by atoms with Crippen molar-refractivity contribution >= 4 is 17.6 Å². The summed E-state index contributed by atoms with van der Waals surface area (Å²) in [6.45, 7) is 0.317. The highest BCUT2D eigenvalue weighted by molar-refractivity contribution is 5.87. The van der Waals surface area contributed by atoms with Crippen LogP contribution in [0.5, 0.6) is 5.75 Å². The van der Waals surface area contributed by atoms with Gasteiger partial charge in [0.05, 0.1) is 23.6 Å². The van der Waals surface area contributed by atoms with Crippen LogP contribution in [-0.2, 0) is 16.1 Å². The number of nitro benzene ring substituents is 1. The Morgan fingerprint density at radius 2 is 2.24 bits per heavy atom. The van der Waals surface area contributed by atoms with Gasteiger partial charge in [0, 0.05) is 25.1 Å². The SMILES string of the molecule is O=C(Oc1cc(F)ccc1[N+](=O)[O-])C1CC(=O)N(Cc2ccco2)C1. The van der Waals surface area contributed by atoms with E-state index in [1.54, 1.807) is 12.1 Å². The van der Waals surface area contributed by atoms with Crippen LogP contribution in [0.2, 0.25) is 0 Å². The third-order valence-corrected chi connectivity index (χ3v) is 3.80. The first kappa shape index (κ1) is 16.6. The van der Waals surface area contributed by atoms with Crippen molar-refractivity contribution in [1.29, 1.82) is 0 Å². The Morgan fingerprint density at radius 1 is 1.44 bits per heavy atom. The summed E-state index contributed by atoms with van der Waals surface area (Å²) in [5.41, 5.74) is -0.522. The summed E-state index contributed by atoms with van der Waals surface area (Å²) in [5, 5.41) is 10.9. The maximum atomic E-state index is 13.3. The molecule has 1 aliphatic rings. The van der Waals surface area contributed by atoms with E-state index in [0.717, 1.165) is 18.2 Å². The van der Waals surface area contributed by atoms with Crippen molar-refractivity contribution in [3.05, 3.63) is 58.3 Å². The van der Waals surface area contributed by atoms with Gasteiger partial charge < -0.3 is 14.1 Å². The molecular formula is C16H13FN2O6. The molecule has 0 N–H and O–H groups in total. The maximum Gasteiger partial charge on any atom is 0.316 e. The molecule has 1 fully saturated rings. The fourth-order valence-corrected chi connectivity index (χ4v) is 2.59. The summed E-state index contributed by atoms with van der Waals surface area (Å²) in [6.07, 6.45) is 1.40. The van der Waals surface area contributed by atoms with Gasteiger partial charge in [0.2, 0.25) is 11.7 Å². The van der Waals surface area contributed by atoms with Crippen molar-refractivity contribution in [2.45, 2.75) is 13.0 Å². The van der Waals surface area contributed by atoms with E-state index < -0.39 is 34.1 Å².